The van der Waals surface area contributed by atoms with Crippen molar-refractivity contribution in [1.29, 1.82) is 0 Å². The van der Waals surface area contributed by atoms with Gasteiger partial charge in [-0.3, -0.25) is 0 Å². The van der Waals surface area contributed by atoms with E-state index in [4.69, 9.17) is 28.9 Å². The molecule has 1 nitrogen and oxygen atoms in total. The molecule has 102 valence electrons. The van der Waals surface area contributed by atoms with E-state index in [9.17, 15) is 0 Å². The van der Waals surface area contributed by atoms with Crippen LogP contribution in [-0.2, 0) is 12.8 Å². The molecule has 0 aliphatic rings. The Kier molecular flexibility index (Phi) is 5.71. The van der Waals surface area contributed by atoms with Crippen molar-refractivity contribution in [2.45, 2.75) is 31.7 Å². The fourth-order valence-electron chi connectivity index (χ4n) is 2.08. The zero-order valence-electron chi connectivity index (χ0n) is 10.6. The van der Waals surface area contributed by atoms with E-state index < -0.39 is 0 Å². The van der Waals surface area contributed by atoms with Crippen molar-refractivity contribution >= 4 is 34.5 Å². The molecule has 2 rings (SSSR count). The Balaban J connectivity index is 1.80. The van der Waals surface area contributed by atoms with Crippen LogP contribution in [0.2, 0.25) is 10.0 Å². The van der Waals surface area contributed by atoms with Crippen molar-refractivity contribution in [3.8, 4) is 0 Å². The van der Waals surface area contributed by atoms with E-state index in [-0.39, 0.29) is 6.04 Å². The van der Waals surface area contributed by atoms with Crippen LogP contribution in [0, 0.1) is 0 Å². The van der Waals surface area contributed by atoms with Crippen LogP contribution in [0.25, 0.3) is 0 Å². The van der Waals surface area contributed by atoms with Gasteiger partial charge in [0, 0.05) is 10.9 Å². The summed E-state index contributed by atoms with van der Waals surface area (Å²) in [7, 11) is 0. The first-order chi connectivity index (χ1) is 9.16. The van der Waals surface area contributed by atoms with Crippen molar-refractivity contribution < 1.29 is 0 Å². The van der Waals surface area contributed by atoms with E-state index in [0.717, 1.165) is 31.2 Å². The molecular formula is C15H17Cl2NS. The third-order valence-corrected chi connectivity index (χ3v) is 4.89. The Labute approximate surface area is 128 Å². The van der Waals surface area contributed by atoms with Gasteiger partial charge < -0.3 is 5.73 Å². The van der Waals surface area contributed by atoms with E-state index in [1.54, 1.807) is 17.4 Å². The van der Waals surface area contributed by atoms with Gasteiger partial charge in [-0.2, -0.15) is 0 Å². The maximum atomic E-state index is 6.17. The van der Waals surface area contributed by atoms with Crippen molar-refractivity contribution in [2.75, 3.05) is 0 Å². The molecule has 0 saturated carbocycles. The van der Waals surface area contributed by atoms with E-state index in [1.807, 2.05) is 12.1 Å². The smallest absolute Gasteiger partial charge is 0.0624 e. The Bertz CT molecular complexity index is 511. The summed E-state index contributed by atoms with van der Waals surface area (Å²) < 4.78 is 0. The summed E-state index contributed by atoms with van der Waals surface area (Å²) in [6.45, 7) is 0. The van der Waals surface area contributed by atoms with E-state index in [0.29, 0.717) is 10.0 Å². The molecule has 2 N–H and O–H groups in total. The van der Waals surface area contributed by atoms with Crippen molar-refractivity contribution in [3.05, 3.63) is 56.2 Å². The average Bonchev–Trinajstić information content (AvgIpc) is 2.88. The van der Waals surface area contributed by atoms with Crippen molar-refractivity contribution in [2.24, 2.45) is 5.73 Å². The lowest BCUT2D eigenvalue weighted by molar-refractivity contribution is 0.582. The Morgan fingerprint density at radius 3 is 2.74 bits per heavy atom. The minimum Gasteiger partial charge on any atom is -0.327 e. The van der Waals surface area contributed by atoms with Crippen molar-refractivity contribution in [1.82, 2.24) is 0 Å². The third kappa shape index (κ3) is 4.50. The van der Waals surface area contributed by atoms with Crippen LogP contribution in [-0.4, -0.2) is 6.04 Å². The summed E-state index contributed by atoms with van der Waals surface area (Å²) in [5, 5.41) is 3.35. The van der Waals surface area contributed by atoms with Gasteiger partial charge in [0.15, 0.2) is 0 Å². The quantitative estimate of drug-likeness (QED) is 0.802. The molecule has 0 bridgehead atoms. The second kappa shape index (κ2) is 7.30. The highest BCUT2D eigenvalue weighted by Crippen LogP contribution is 2.26. The van der Waals surface area contributed by atoms with Gasteiger partial charge in [0.2, 0.25) is 0 Å². The van der Waals surface area contributed by atoms with Gasteiger partial charge in [0.25, 0.3) is 0 Å². The molecule has 1 atom stereocenters. The standard InChI is InChI=1S/C15H17Cl2NS/c16-14-8-1-4-11(15(14)17)10-12(18)5-2-6-13-7-3-9-19-13/h1,3-4,7-9,12H,2,5-6,10,18H2. The van der Waals surface area contributed by atoms with Gasteiger partial charge in [-0.05, 0) is 48.8 Å². The molecule has 4 heteroatoms. The zero-order chi connectivity index (χ0) is 13.7. The molecule has 0 aliphatic carbocycles. The Hall–Kier alpha value is -0.540. The molecule has 1 aromatic heterocycles. The monoisotopic (exact) mass is 313 g/mol. The highest BCUT2D eigenvalue weighted by atomic mass is 35.5. The number of hydrogen-bond acceptors (Lipinski definition) is 2. The fourth-order valence-corrected chi connectivity index (χ4v) is 3.23. The fraction of sp³-hybridized carbons (Fsp3) is 0.333. The highest BCUT2D eigenvalue weighted by molar-refractivity contribution is 7.09. The predicted molar refractivity (Wildman–Crippen MR) is 85.4 cm³/mol. The van der Waals surface area contributed by atoms with Crippen LogP contribution in [0.4, 0.5) is 0 Å². The van der Waals surface area contributed by atoms with Crippen LogP contribution in [0.1, 0.15) is 23.3 Å². The van der Waals surface area contributed by atoms with Crippen LogP contribution in [0.15, 0.2) is 35.7 Å². The molecule has 19 heavy (non-hydrogen) atoms. The Morgan fingerprint density at radius 2 is 2.00 bits per heavy atom. The first-order valence-electron chi connectivity index (χ1n) is 6.37. The van der Waals surface area contributed by atoms with Gasteiger partial charge in [-0.1, -0.05) is 41.4 Å². The lowest BCUT2D eigenvalue weighted by Crippen LogP contribution is -2.23. The maximum absolute atomic E-state index is 6.17. The molecule has 0 aliphatic heterocycles. The maximum Gasteiger partial charge on any atom is 0.0624 e. The molecule has 0 amide bonds. The SMILES string of the molecule is NC(CCCc1cccs1)Cc1cccc(Cl)c1Cl. The zero-order valence-corrected chi connectivity index (χ0v) is 12.9. The number of nitrogens with two attached hydrogens (primary N) is 1. The predicted octanol–water partition coefficient (Wildman–Crippen LogP) is 4.95. The largest absolute Gasteiger partial charge is 0.327 e. The molecule has 0 radical (unpaired) electrons. The second-order valence-corrected chi connectivity index (χ2v) is 6.47. The highest BCUT2D eigenvalue weighted by Gasteiger charge is 2.09. The topological polar surface area (TPSA) is 26.0 Å². The van der Waals surface area contributed by atoms with Crippen molar-refractivity contribution in [3.63, 3.8) is 0 Å². The van der Waals surface area contributed by atoms with Gasteiger partial charge in [-0.15, -0.1) is 11.3 Å². The summed E-state index contributed by atoms with van der Waals surface area (Å²) in [5.74, 6) is 0. The lowest BCUT2D eigenvalue weighted by Gasteiger charge is -2.13. The molecule has 1 unspecified atom stereocenters. The van der Waals surface area contributed by atoms with Crippen LogP contribution in [0.3, 0.4) is 0 Å². The molecule has 1 heterocycles. The molecule has 1 aromatic carbocycles. The summed E-state index contributed by atoms with van der Waals surface area (Å²) in [6.07, 6.45) is 4.00. The summed E-state index contributed by atoms with van der Waals surface area (Å²) in [5.41, 5.74) is 7.21. The number of halogens is 2. The molecule has 0 spiro atoms. The van der Waals surface area contributed by atoms with Gasteiger partial charge in [-0.25, -0.2) is 0 Å². The summed E-state index contributed by atoms with van der Waals surface area (Å²) >= 11 is 14.0. The number of hydrogen-bond donors (Lipinski definition) is 1. The number of aryl methyl sites for hydroxylation is 1. The molecular weight excluding hydrogens is 297 g/mol. The first-order valence-corrected chi connectivity index (χ1v) is 8.01. The van der Waals surface area contributed by atoms with E-state index >= 15 is 0 Å². The number of rotatable bonds is 6. The summed E-state index contributed by atoms with van der Waals surface area (Å²) in [4.78, 5) is 1.42. The second-order valence-electron chi connectivity index (χ2n) is 4.65. The Morgan fingerprint density at radius 1 is 1.16 bits per heavy atom. The lowest BCUT2D eigenvalue weighted by atomic mass is 10.0. The van der Waals surface area contributed by atoms with E-state index in [2.05, 4.69) is 17.5 Å². The molecule has 2 aromatic rings. The first kappa shape index (κ1) is 14.9. The third-order valence-electron chi connectivity index (χ3n) is 3.09. The number of thiophene rings is 1. The number of benzene rings is 1. The van der Waals surface area contributed by atoms with Crippen LogP contribution in [0.5, 0.6) is 0 Å². The van der Waals surface area contributed by atoms with Gasteiger partial charge in [0.1, 0.15) is 0 Å². The molecule has 0 saturated heterocycles. The van der Waals surface area contributed by atoms with Gasteiger partial charge >= 0.3 is 0 Å². The van der Waals surface area contributed by atoms with E-state index in [1.165, 1.54) is 4.88 Å². The molecule has 0 fully saturated rings. The minimum atomic E-state index is 0.135. The minimum absolute atomic E-state index is 0.135. The van der Waals surface area contributed by atoms with Crippen LogP contribution >= 0.6 is 34.5 Å². The summed E-state index contributed by atoms with van der Waals surface area (Å²) in [6, 6.07) is 10.1. The average molecular weight is 314 g/mol. The van der Waals surface area contributed by atoms with Crippen LogP contribution < -0.4 is 5.73 Å². The normalized spacial score (nSPS) is 12.6. The van der Waals surface area contributed by atoms with Gasteiger partial charge in [0.05, 0.1) is 10.0 Å².